The number of aryl methyl sites for hydroxylation is 1. The third kappa shape index (κ3) is 4.65. The van der Waals surface area contributed by atoms with E-state index in [1.54, 1.807) is 43.4 Å². The largest absolute Gasteiger partial charge is 0.478 e. The van der Waals surface area contributed by atoms with Crippen LogP contribution in [0.25, 0.3) is 22.3 Å². The van der Waals surface area contributed by atoms with Crippen molar-refractivity contribution in [2.75, 3.05) is 18.4 Å². The number of carbonyl (C=O) groups excluding carboxylic acids is 1. The zero-order chi connectivity index (χ0) is 27.0. The molecular weight excluding hydrogens is 480 g/mol. The lowest BCUT2D eigenvalue weighted by Gasteiger charge is -2.20. The highest BCUT2D eigenvalue weighted by Gasteiger charge is 2.21. The van der Waals surface area contributed by atoms with Crippen molar-refractivity contribution in [3.63, 3.8) is 0 Å². The number of benzene rings is 3. The van der Waals surface area contributed by atoms with Gasteiger partial charge in [-0.05, 0) is 62.6 Å². The average Bonchev–Trinajstić information content (AvgIpc) is 3.45. The van der Waals surface area contributed by atoms with Gasteiger partial charge in [-0.3, -0.25) is 14.2 Å². The third-order valence-corrected chi connectivity index (χ3v) is 7.13. The van der Waals surface area contributed by atoms with Gasteiger partial charge in [0.25, 0.3) is 11.5 Å². The average molecular weight is 511 g/mol. The van der Waals surface area contributed by atoms with Gasteiger partial charge in [-0.25, -0.2) is 9.78 Å². The minimum Gasteiger partial charge on any atom is -0.478 e. The molecule has 0 unspecified atom stereocenters. The highest BCUT2D eigenvalue weighted by Crippen LogP contribution is 2.29. The maximum atomic E-state index is 13.5. The van der Waals surface area contributed by atoms with Crippen molar-refractivity contribution >= 4 is 28.5 Å². The molecule has 0 spiro atoms. The highest BCUT2D eigenvalue weighted by atomic mass is 16.4. The molecule has 2 heterocycles. The van der Waals surface area contributed by atoms with Crippen LogP contribution in [0.1, 0.15) is 57.7 Å². The summed E-state index contributed by atoms with van der Waals surface area (Å²) in [4.78, 5) is 44.7. The Morgan fingerprint density at radius 1 is 1.03 bits per heavy atom. The Morgan fingerprint density at radius 2 is 1.71 bits per heavy atom. The summed E-state index contributed by atoms with van der Waals surface area (Å²) in [5.41, 5.74) is 4.09. The van der Waals surface area contributed by atoms with E-state index in [9.17, 15) is 19.5 Å². The summed E-state index contributed by atoms with van der Waals surface area (Å²) in [7, 11) is 1.69. The predicted octanol–water partition coefficient (Wildman–Crippen LogP) is 5.02. The van der Waals surface area contributed by atoms with Gasteiger partial charge in [0.05, 0.1) is 22.5 Å². The summed E-state index contributed by atoms with van der Waals surface area (Å²) < 4.78 is 1.53. The minimum absolute atomic E-state index is 0.0220. The van der Waals surface area contributed by atoms with Crippen molar-refractivity contribution in [2.45, 2.75) is 32.7 Å². The SMILES string of the molecule is Cc1cc([C@@H](C)Nc2ccccc2C(=O)O)c2nc(-c3ccc(C(=O)N4CCCC4)cc3)n(C)c(=O)c2c1. The molecule has 38 heavy (non-hydrogen) atoms. The number of para-hydroxylation sites is 1. The van der Waals surface area contributed by atoms with Crippen molar-refractivity contribution in [1.29, 1.82) is 0 Å². The molecule has 1 fully saturated rings. The van der Waals surface area contributed by atoms with E-state index in [4.69, 9.17) is 4.98 Å². The number of likely N-dealkylation sites (tertiary alicyclic amines) is 1. The van der Waals surface area contributed by atoms with Gasteiger partial charge in [0.1, 0.15) is 5.82 Å². The molecule has 0 saturated carbocycles. The first kappa shape index (κ1) is 25.2. The lowest BCUT2D eigenvalue weighted by molar-refractivity contribution is 0.0697. The van der Waals surface area contributed by atoms with Crippen LogP contribution in [0.3, 0.4) is 0 Å². The summed E-state index contributed by atoms with van der Waals surface area (Å²) in [6, 6.07) is 17.4. The van der Waals surface area contributed by atoms with Gasteiger partial charge in [-0.1, -0.05) is 30.3 Å². The van der Waals surface area contributed by atoms with Crippen LogP contribution in [-0.4, -0.2) is 44.5 Å². The standard InChI is InChI=1S/C30H30N4O4/c1-18-16-23(19(2)31-25-9-5-4-8-22(25)30(37)38)26-24(17-18)29(36)33(3)27(32-26)20-10-12-21(13-11-20)28(35)34-14-6-7-15-34/h4-5,8-13,16-17,19,31H,6-7,14-15H2,1-3H3,(H,37,38)/t19-/m1/s1. The molecular formula is C30H30N4O4. The molecule has 194 valence electrons. The molecule has 0 aliphatic carbocycles. The molecule has 2 N–H and O–H groups in total. The fourth-order valence-electron chi connectivity index (χ4n) is 5.11. The zero-order valence-corrected chi connectivity index (χ0v) is 21.7. The summed E-state index contributed by atoms with van der Waals surface area (Å²) >= 11 is 0. The van der Waals surface area contributed by atoms with Crippen LogP contribution in [0, 0.1) is 6.92 Å². The fourth-order valence-corrected chi connectivity index (χ4v) is 5.11. The summed E-state index contributed by atoms with van der Waals surface area (Å²) in [5, 5.41) is 13.4. The van der Waals surface area contributed by atoms with Crippen LogP contribution >= 0.6 is 0 Å². The van der Waals surface area contributed by atoms with Crippen molar-refractivity contribution in [1.82, 2.24) is 14.5 Å². The van der Waals surface area contributed by atoms with Gasteiger partial charge in [0.2, 0.25) is 0 Å². The Balaban J connectivity index is 1.56. The second-order valence-electron chi connectivity index (χ2n) is 9.84. The Morgan fingerprint density at radius 3 is 2.39 bits per heavy atom. The van der Waals surface area contributed by atoms with E-state index in [-0.39, 0.29) is 23.1 Å². The van der Waals surface area contributed by atoms with Gasteiger partial charge in [0, 0.05) is 42.5 Å². The number of fused-ring (bicyclic) bond motifs is 1. The third-order valence-electron chi connectivity index (χ3n) is 7.13. The van der Waals surface area contributed by atoms with E-state index in [1.165, 1.54) is 4.57 Å². The van der Waals surface area contributed by atoms with Crippen LogP contribution in [-0.2, 0) is 7.05 Å². The van der Waals surface area contributed by atoms with Crippen LogP contribution < -0.4 is 10.9 Å². The zero-order valence-electron chi connectivity index (χ0n) is 21.7. The van der Waals surface area contributed by atoms with Gasteiger partial charge < -0.3 is 15.3 Å². The van der Waals surface area contributed by atoms with E-state index in [0.717, 1.165) is 42.6 Å². The van der Waals surface area contributed by atoms with E-state index in [1.807, 2.05) is 43.0 Å². The molecule has 8 nitrogen and oxygen atoms in total. The van der Waals surface area contributed by atoms with E-state index in [0.29, 0.717) is 28.0 Å². The van der Waals surface area contributed by atoms with E-state index >= 15 is 0 Å². The topological polar surface area (TPSA) is 105 Å². The molecule has 4 aromatic rings. The van der Waals surface area contributed by atoms with Crippen LogP contribution in [0.2, 0.25) is 0 Å². The Bertz CT molecular complexity index is 1600. The molecule has 1 atom stereocenters. The number of carboxylic acid groups (broad SMARTS) is 1. The van der Waals surface area contributed by atoms with Gasteiger partial charge >= 0.3 is 5.97 Å². The number of nitrogens with one attached hydrogen (secondary N) is 1. The molecule has 1 amide bonds. The number of hydrogen-bond acceptors (Lipinski definition) is 5. The minimum atomic E-state index is -1.02. The van der Waals surface area contributed by atoms with Crippen molar-refractivity contribution < 1.29 is 14.7 Å². The first-order valence-corrected chi connectivity index (χ1v) is 12.7. The highest BCUT2D eigenvalue weighted by molar-refractivity contribution is 5.95. The molecule has 0 radical (unpaired) electrons. The van der Waals surface area contributed by atoms with Crippen molar-refractivity contribution in [2.24, 2.45) is 7.05 Å². The summed E-state index contributed by atoms with van der Waals surface area (Å²) in [6.45, 7) is 5.41. The number of carbonyl (C=O) groups is 2. The molecule has 8 heteroatoms. The lowest BCUT2D eigenvalue weighted by atomic mass is 10.00. The van der Waals surface area contributed by atoms with Crippen LogP contribution in [0.4, 0.5) is 5.69 Å². The Hall–Kier alpha value is -4.46. The summed E-state index contributed by atoms with van der Waals surface area (Å²) in [5.74, 6) is -0.505. The Labute approximate surface area is 220 Å². The molecule has 1 aromatic heterocycles. The lowest BCUT2D eigenvalue weighted by Crippen LogP contribution is -2.27. The molecule has 1 aliphatic heterocycles. The second kappa shape index (κ2) is 10.1. The number of hydrogen-bond donors (Lipinski definition) is 2. The number of nitrogens with zero attached hydrogens (tertiary/aromatic N) is 3. The van der Waals surface area contributed by atoms with Crippen LogP contribution in [0.5, 0.6) is 0 Å². The second-order valence-corrected chi connectivity index (χ2v) is 9.84. The number of anilines is 1. The maximum absolute atomic E-state index is 13.5. The van der Waals surface area contributed by atoms with E-state index in [2.05, 4.69) is 5.32 Å². The van der Waals surface area contributed by atoms with Gasteiger partial charge in [0.15, 0.2) is 0 Å². The number of aromatic nitrogens is 2. The molecule has 1 aliphatic rings. The van der Waals surface area contributed by atoms with E-state index < -0.39 is 5.97 Å². The number of aromatic carboxylic acids is 1. The molecule has 5 rings (SSSR count). The van der Waals surface area contributed by atoms with Gasteiger partial charge in [-0.15, -0.1) is 0 Å². The normalized spacial score (nSPS) is 14.0. The molecule has 0 bridgehead atoms. The quantitative estimate of drug-likeness (QED) is 0.378. The molecule has 1 saturated heterocycles. The fraction of sp³-hybridized carbons (Fsp3) is 0.267. The maximum Gasteiger partial charge on any atom is 0.337 e. The number of rotatable bonds is 6. The van der Waals surface area contributed by atoms with Crippen molar-refractivity contribution in [3.05, 3.63) is 93.3 Å². The monoisotopic (exact) mass is 510 g/mol. The van der Waals surface area contributed by atoms with Gasteiger partial charge in [-0.2, -0.15) is 0 Å². The molecule has 3 aromatic carbocycles. The predicted molar refractivity (Wildman–Crippen MR) is 148 cm³/mol. The smallest absolute Gasteiger partial charge is 0.337 e. The van der Waals surface area contributed by atoms with Crippen molar-refractivity contribution in [3.8, 4) is 11.4 Å². The first-order valence-electron chi connectivity index (χ1n) is 12.7. The summed E-state index contributed by atoms with van der Waals surface area (Å²) in [6.07, 6.45) is 2.06. The number of amides is 1. The Kier molecular flexibility index (Phi) is 6.72. The number of carboxylic acids is 1. The first-order chi connectivity index (χ1) is 18.2. The van der Waals surface area contributed by atoms with Crippen LogP contribution in [0.15, 0.2) is 65.5 Å².